The van der Waals surface area contributed by atoms with E-state index in [0.29, 0.717) is 23.4 Å². The van der Waals surface area contributed by atoms with Crippen molar-refractivity contribution in [1.82, 2.24) is 15.1 Å². The summed E-state index contributed by atoms with van der Waals surface area (Å²) in [7, 11) is 1.24. The lowest BCUT2D eigenvalue weighted by Gasteiger charge is -2.19. The van der Waals surface area contributed by atoms with Gasteiger partial charge in [-0.1, -0.05) is 29.8 Å². The molecule has 34 heavy (non-hydrogen) atoms. The van der Waals surface area contributed by atoms with Crippen molar-refractivity contribution in [1.29, 1.82) is 0 Å². The Bertz CT molecular complexity index is 1280. The highest BCUT2D eigenvalue weighted by Crippen LogP contribution is 2.46. The molecule has 0 radical (unpaired) electrons. The first-order valence-corrected chi connectivity index (χ1v) is 10.5. The molecule has 178 valence electrons. The second kappa shape index (κ2) is 8.35. The lowest BCUT2D eigenvalue weighted by atomic mass is 10.0. The maximum Gasteiger partial charge on any atom is 0.436 e. The molecule has 0 spiro atoms. The summed E-state index contributed by atoms with van der Waals surface area (Å²) in [6.45, 7) is 1.76. The number of aromatic carboxylic acids is 1. The Morgan fingerprint density at radius 1 is 1.18 bits per heavy atom. The first-order valence-electron chi connectivity index (χ1n) is 10.2. The quantitative estimate of drug-likeness (QED) is 0.485. The van der Waals surface area contributed by atoms with Gasteiger partial charge < -0.3 is 15.2 Å². The van der Waals surface area contributed by atoms with Crippen LogP contribution in [-0.4, -0.2) is 26.8 Å². The van der Waals surface area contributed by atoms with E-state index >= 15 is 0 Å². The van der Waals surface area contributed by atoms with Crippen molar-refractivity contribution in [2.75, 3.05) is 0 Å². The van der Waals surface area contributed by atoms with Gasteiger partial charge in [0, 0.05) is 12.1 Å². The minimum absolute atomic E-state index is 0.0601. The monoisotopic (exact) mass is 493 g/mol. The van der Waals surface area contributed by atoms with E-state index in [1.54, 1.807) is 13.0 Å². The summed E-state index contributed by atoms with van der Waals surface area (Å²) >= 11 is 6.10. The molecule has 11 heteroatoms. The third-order valence-corrected chi connectivity index (χ3v) is 6.04. The molecule has 1 aliphatic carbocycles. The minimum Gasteiger partial charge on any atom is -0.478 e. The Labute approximate surface area is 197 Å². The van der Waals surface area contributed by atoms with Crippen molar-refractivity contribution >= 4 is 23.5 Å². The van der Waals surface area contributed by atoms with Gasteiger partial charge in [0.2, 0.25) is 5.88 Å². The van der Waals surface area contributed by atoms with Crippen molar-refractivity contribution in [2.24, 2.45) is 7.05 Å². The number of carboxylic acids is 1. The van der Waals surface area contributed by atoms with E-state index in [4.69, 9.17) is 21.4 Å². The molecule has 2 N–H and O–H groups in total. The predicted octanol–water partition coefficient (Wildman–Crippen LogP) is 5.31. The van der Waals surface area contributed by atoms with Gasteiger partial charge in [0.05, 0.1) is 11.1 Å². The molecule has 1 saturated carbocycles. The van der Waals surface area contributed by atoms with E-state index in [2.05, 4.69) is 10.4 Å². The number of carbonyl (C=O) groups excluding carboxylic acids is 1. The molecule has 4 rings (SSSR count). The maximum absolute atomic E-state index is 13.8. The van der Waals surface area contributed by atoms with E-state index in [-0.39, 0.29) is 17.2 Å². The first kappa shape index (κ1) is 23.6. The van der Waals surface area contributed by atoms with Crippen LogP contribution in [0.1, 0.15) is 50.4 Å². The highest BCUT2D eigenvalue weighted by molar-refractivity contribution is 6.31. The molecular formula is C23H19ClF3N3O4. The topological polar surface area (TPSA) is 93.4 Å². The Kier molecular flexibility index (Phi) is 5.80. The van der Waals surface area contributed by atoms with Crippen LogP contribution in [0, 0.1) is 6.92 Å². The van der Waals surface area contributed by atoms with Gasteiger partial charge >= 0.3 is 12.1 Å². The summed E-state index contributed by atoms with van der Waals surface area (Å²) in [5.41, 5.74) is -1.63. The SMILES string of the molecule is Cc1ccc(Oc2c(C(=O)NC3(c4ccc(C(=O)O)cc4)CC3)c(C(F)(F)F)nn2C)cc1Cl. The molecule has 0 bridgehead atoms. The van der Waals surface area contributed by atoms with Crippen LogP contribution in [0.4, 0.5) is 13.2 Å². The number of hydrogen-bond donors (Lipinski definition) is 2. The van der Waals surface area contributed by atoms with Crippen LogP contribution in [0.2, 0.25) is 5.02 Å². The van der Waals surface area contributed by atoms with E-state index in [9.17, 15) is 22.8 Å². The Morgan fingerprint density at radius 2 is 1.82 bits per heavy atom. The molecule has 0 aliphatic heterocycles. The van der Waals surface area contributed by atoms with Crippen molar-refractivity contribution < 1.29 is 32.6 Å². The van der Waals surface area contributed by atoms with E-state index in [1.807, 2.05) is 0 Å². The van der Waals surface area contributed by atoms with Crippen LogP contribution in [0.3, 0.4) is 0 Å². The highest BCUT2D eigenvalue weighted by atomic mass is 35.5. The molecule has 3 aromatic rings. The number of aromatic nitrogens is 2. The second-order valence-electron chi connectivity index (χ2n) is 8.08. The number of rotatable bonds is 6. The summed E-state index contributed by atoms with van der Waals surface area (Å²) in [6, 6.07) is 10.4. The highest BCUT2D eigenvalue weighted by Gasteiger charge is 2.49. The van der Waals surface area contributed by atoms with Crippen LogP contribution in [0.5, 0.6) is 11.6 Å². The molecule has 0 atom stereocenters. The zero-order valence-electron chi connectivity index (χ0n) is 18.0. The number of carbonyl (C=O) groups is 2. The standard InChI is InChI=1S/C23H19ClF3N3O4/c1-12-3-8-15(11-16(12)24)34-20-17(18(23(25,26)27)29-30(20)2)19(31)28-22(9-10-22)14-6-4-13(5-7-14)21(32)33/h3-8,11H,9-10H2,1-2H3,(H,28,31)(H,32,33). The zero-order valence-corrected chi connectivity index (χ0v) is 18.8. The molecule has 1 heterocycles. The van der Waals surface area contributed by atoms with E-state index in [0.717, 1.165) is 10.2 Å². The summed E-state index contributed by atoms with van der Waals surface area (Å²) in [4.78, 5) is 24.3. The number of hydrogen-bond acceptors (Lipinski definition) is 4. The fraction of sp³-hybridized carbons (Fsp3) is 0.261. The van der Waals surface area contributed by atoms with Gasteiger partial charge in [0.1, 0.15) is 11.3 Å². The second-order valence-corrected chi connectivity index (χ2v) is 8.49. The largest absolute Gasteiger partial charge is 0.478 e. The third-order valence-electron chi connectivity index (χ3n) is 5.64. The number of ether oxygens (including phenoxy) is 1. The van der Waals surface area contributed by atoms with Gasteiger partial charge in [-0.15, -0.1) is 0 Å². The summed E-state index contributed by atoms with van der Waals surface area (Å²) < 4.78 is 47.8. The van der Waals surface area contributed by atoms with Gasteiger partial charge in [-0.25, -0.2) is 9.48 Å². The number of nitrogens with one attached hydrogen (secondary N) is 1. The zero-order chi connectivity index (χ0) is 24.8. The Hall–Kier alpha value is -3.53. The fourth-order valence-electron chi connectivity index (χ4n) is 3.60. The Morgan fingerprint density at radius 3 is 2.35 bits per heavy atom. The number of nitrogens with zero attached hydrogens (tertiary/aromatic N) is 2. The van der Waals surface area contributed by atoms with Crippen molar-refractivity contribution in [2.45, 2.75) is 31.5 Å². The normalized spacial score (nSPS) is 14.5. The van der Waals surface area contributed by atoms with Crippen LogP contribution in [-0.2, 0) is 18.8 Å². The lowest BCUT2D eigenvalue weighted by Crippen LogP contribution is -2.36. The molecule has 0 saturated heterocycles. The average Bonchev–Trinajstić information content (AvgIpc) is 3.46. The predicted molar refractivity (Wildman–Crippen MR) is 116 cm³/mol. The molecule has 1 fully saturated rings. The molecule has 1 aliphatic rings. The summed E-state index contributed by atoms with van der Waals surface area (Å²) in [5, 5.41) is 15.6. The summed E-state index contributed by atoms with van der Waals surface area (Å²) in [5.74, 6) is -2.36. The number of benzene rings is 2. The van der Waals surface area contributed by atoms with Crippen molar-refractivity contribution in [3.8, 4) is 11.6 Å². The third kappa shape index (κ3) is 4.45. The number of carboxylic acid groups (broad SMARTS) is 1. The number of alkyl halides is 3. The van der Waals surface area contributed by atoms with Crippen LogP contribution >= 0.6 is 11.6 Å². The van der Waals surface area contributed by atoms with Crippen LogP contribution in [0.15, 0.2) is 42.5 Å². The number of amides is 1. The van der Waals surface area contributed by atoms with Gasteiger partial charge in [0.15, 0.2) is 5.69 Å². The average molecular weight is 494 g/mol. The van der Waals surface area contributed by atoms with E-state index in [1.165, 1.54) is 43.4 Å². The summed E-state index contributed by atoms with van der Waals surface area (Å²) in [6.07, 6.45) is -3.94. The minimum atomic E-state index is -4.91. The molecular weight excluding hydrogens is 475 g/mol. The van der Waals surface area contributed by atoms with Crippen molar-refractivity contribution in [3.05, 3.63) is 75.4 Å². The van der Waals surface area contributed by atoms with Gasteiger partial charge in [-0.05, 0) is 55.2 Å². The van der Waals surface area contributed by atoms with Gasteiger partial charge in [-0.2, -0.15) is 18.3 Å². The fourth-order valence-corrected chi connectivity index (χ4v) is 3.77. The molecule has 2 aromatic carbocycles. The molecule has 1 amide bonds. The maximum atomic E-state index is 13.8. The first-order chi connectivity index (χ1) is 15.9. The molecule has 7 nitrogen and oxygen atoms in total. The smallest absolute Gasteiger partial charge is 0.436 e. The number of aryl methyl sites for hydroxylation is 2. The molecule has 1 aromatic heterocycles. The van der Waals surface area contributed by atoms with Gasteiger partial charge in [0.25, 0.3) is 5.91 Å². The number of halogens is 4. The van der Waals surface area contributed by atoms with Crippen molar-refractivity contribution in [3.63, 3.8) is 0 Å². The molecule has 0 unspecified atom stereocenters. The van der Waals surface area contributed by atoms with Crippen LogP contribution in [0.25, 0.3) is 0 Å². The van der Waals surface area contributed by atoms with Gasteiger partial charge in [-0.3, -0.25) is 4.79 Å². The Balaban J connectivity index is 1.70. The van der Waals surface area contributed by atoms with E-state index < -0.39 is 34.8 Å². The van der Waals surface area contributed by atoms with Crippen LogP contribution < -0.4 is 10.1 Å². The lowest BCUT2D eigenvalue weighted by molar-refractivity contribution is -0.141.